The summed E-state index contributed by atoms with van der Waals surface area (Å²) in [6, 6.07) is 15.0. The maximum absolute atomic E-state index is 9.65. The maximum atomic E-state index is 9.65. The molecule has 140 valence electrons. The van der Waals surface area contributed by atoms with Gasteiger partial charge in [0.15, 0.2) is 23.0 Å². The standard InChI is InChI=1S/C20H18N6O2/c1-28-18-9-15(7-8-17(18)27)10-23-25-19-16-11-24-26(20(16)22-13-21-19)12-14-5-3-2-4-6-14/h2-11,13,27H,12H2,1H3,(H,21,22,25)/b23-10+. The first-order valence-corrected chi connectivity index (χ1v) is 8.61. The molecule has 0 unspecified atom stereocenters. The van der Waals surface area contributed by atoms with Crippen LogP contribution in [-0.2, 0) is 6.54 Å². The second kappa shape index (κ2) is 7.75. The van der Waals surface area contributed by atoms with Gasteiger partial charge in [0, 0.05) is 0 Å². The van der Waals surface area contributed by atoms with E-state index in [9.17, 15) is 5.11 Å². The average Bonchev–Trinajstić information content (AvgIpc) is 3.14. The molecule has 8 heteroatoms. The molecule has 0 aliphatic heterocycles. The molecule has 0 saturated heterocycles. The number of hydrogen-bond donors (Lipinski definition) is 2. The van der Waals surface area contributed by atoms with Gasteiger partial charge in [-0.05, 0) is 29.3 Å². The van der Waals surface area contributed by atoms with Gasteiger partial charge in [0.25, 0.3) is 0 Å². The molecule has 2 N–H and O–H groups in total. The van der Waals surface area contributed by atoms with Crippen LogP contribution < -0.4 is 10.2 Å². The van der Waals surface area contributed by atoms with Crippen LogP contribution in [0.2, 0.25) is 0 Å². The Bertz CT molecular complexity index is 1120. The van der Waals surface area contributed by atoms with E-state index in [0.717, 1.165) is 22.2 Å². The van der Waals surface area contributed by atoms with Crippen LogP contribution in [0.1, 0.15) is 11.1 Å². The first-order chi connectivity index (χ1) is 13.7. The molecule has 0 aliphatic carbocycles. The number of phenolic OH excluding ortho intramolecular Hbond substituents is 1. The van der Waals surface area contributed by atoms with E-state index < -0.39 is 0 Å². The predicted molar refractivity (Wildman–Crippen MR) is 107 cm³/mol. The van der Waals surface area contributed by atoms with Crippen LogP contribution in [-0.4, -0.2) is 38.2 Å². The molecule has 0 radical (unpaired) electrons. The molecule has 2 heterocycles. The van der Waals surface area contributed by atoms with Gasteiger partial charge in [-0.25, -0.2) is 14.6 Å². The van der Waals surface area contributed by atoms with Crippen molar-refractivity contribution >= 4 is 23.1 Å². The lowest BCUT2D eigenvalue weighted by atomic mass is 10.2. The van der Waals surface area contributed by atoms with Crippen molar-refractivity contribution < 1.29 is 9.84 Å². The van der Waals surface area contributed by atoms with Crippen molar-refractivity contribution in [3.63, 3.8) is 0 Å². The number of methoxy groups -OCH3 is 1. The molecule has 4 aromatic rings. The van der Waals surface area contributed by atoms with Crippen LogP contribution in [0.25, 0.3) is 11.0 Å². The second-order valence-electron chi connectivity index (χ2n) is 6.05. The van der Waals surface area contributed by atoms with E-state index >= 15 is 0 Å². The number of benzene rings is 2. The highest BCUT2D eigenvalue weighted by atomic mass is 16.5. The van der Waals surface area contributed by atoms with Crippen LogP contribution in [0.15, 0.2) is 66.2 Å². The van der Waals surface area contributed by atoms with E-state index in [4.69, 9.17) is 4.74 Å². The zero-order chi connectivity index (χ0) is 19.3. The number of nitrogens with zero attached hydrogens (tertiary/aromatic N) is 5. The van der Waals surface area contributed by atoms with Gasteiger partial charge in [-0.1, -0.05) is 30.3 Å². The fourth-order valence-electron chi connectivity index (χ4n) is 2.80. The van der Waals surface area contributed by atoms with E-state index in [2.05, 4.69) is 25.6 Å². The quantitative estimate of drug-likeness (QED) is 0.398. The summed E-state index contributed by atoms with van der Waals surface area (Å²) >= 11 is 0. The molecule has 4 rings (SSSR count). The van der Waals surface area contributed by atoms with Crippen molar-refractivity contribution in [2.45, 2.75) is 6.54 Å². The number of hydrogen-bond acceptors (Lipinski definition) is 7. The normalized spacial score (nSPS) is 11.2. The van der Waals surface area contributed by atoms with Gasteiger partial charge in [-0.2, -0.15) is 10.2 Å². The summed E-state index contributed by atoms with van der Waals surface area (Å²) in [4.78, 5) is 8.60. The number of aromatic nitrogens is 4. The Balaban J connectivity index is 1.55. The highest BCUT2D eigenvalue weighted by Gasteiger charge is 2.09. The van der Waals surface area contributed by atoms with Crippen molar-refractivity contribution in [2.75, 3.05) is 12.5 Å². The molecule has 0 atom stereocenters. The van der Waals surface area contributed by atoms with Gasteiger partial charge in [0.2, 0.25) is 0 Å². The Hall–Kier alpha value is -3.94. The van der Waals surface area contributed by atoms with Crippen LogP contribution in [0, 0.1) is 0 Å². The lowest BCUT2D eigenvalue weighted by Crippen LogP contribution is -2.03. The minimum absolute atomic E-state index is 0.0796. The molecule has 0 spiro atoms. The number of anilines is 1. The number of hydrazone groups is 1. The number of rotatable bonds is 6. The molecule has 0 saturated carbocycles. The van der Waals surface area contributed by atoms with Crippen LogP contribution in [0.3, 0.4) is 0 Å². The Morgan fingerprint density at radius 3 is 2.86 bits per heavy atom. The summed E-state index contributed by atoms with van der Waals surface area (Å²) in [5, 5.41) is 19.1. The van der Waals surface area contributed by atoms with E-state index in [1.165, 1.54) is 13.4 Å². The van der Waals surface area contributed by atoms with Crippen molar-refractivity contribution in [1.29, 1.82) is 0 Å². The number of aromatic hydroxyl groups is 1. The first kappa shape index (κ1) is 17.5. The average molecular weight is 374 g/mol. The predicted octanol–water partition coefficient (Wildman–Crippen LogP) is 3.03. The monoisotopic (exact) mass is 374 g/mol. The highest BCUT2D eigenvalue weighted by molar-refractivity contribution is 5.87. The molecule has 2 aromatic heterocycles. The summed E-state index contributed by atoms with van der Waals surface area (Å²) in [7, 11) is 1.50. The smallest absolute Gasteiger partial charge is 0.163 e. The summed E-state index contributed by atoms with van der Waals surface area (Å²) in [6.07, 6.45) is 4.82. The third kappa shape index (κ3) is 3.61. The second-order valence-corrected chi connectivity index (χ2v) is 6.05. The third-order valence-electron chi connectivity index (χ3n) is 4.20. The molecule has 8 nitrogen and oxygen atoms in total. The number of nitrogens with one attached hydrogen (secondary N) is 1. The summed E-state index contributed by atoms with van der Waals surface area (Å²) in [5.74, 6) is 1.03. The van der Waals surface area contributed by atoms with Gasteiger partial charge in [-0.3, -0.25) is 5.43 Å². The summed E-state index contributed by atoms with van der Waals surface area (Å²) < 4.78 is 6.92. The third-order valence-corrected chi connectivity index (χ3v) is 4.20. The molecule has 2 aromatic carbocycles. The van der Waals surface area contributed by atoms with E-state index in [-0.39, 0.29) is 5.75 Å². The van der Waals surface area contributed by atoms with Crippen molar-refractivity contribution in [3.8, 4) is 11.5 Å². The van der Waals surface area contributed by atoms with Crippen LogP contribution in [0.4, 0.5) is 5.82 Å². The lowest BCUT2D eigenvalue weighted by Gasteiger charge is -2.05. The number of ether oxygens (including phenoxy) is 1. The van der Waals surface area contributed by atoms with E-state index in [0.29, 0.717) is 18.1 Å². The van der Waals surface area contributed by atoms with Crippen LogP contribution in [0.5, 0.6) is 11.5 Å². The Labute approximate surface area is 161 Å². The van der Waals surface area contributed by atoms with Crippen molar-refractivity contribution in [1.82, 2.24) is 19.7 Å². The lowest BCUT2D eigenvalue weighted by molar-refractivity contribution is 0.373. The van der Waals surface area contributed by atoms with Gasteiger partial charge in [0.05, 0.1) is 31.5 Å². The fraction of sp³-hybridized carbons (Fsp3) is 0.100. The molecule has 0 aliphatic rings. The maximum Gasteiger partial charge on any atom is 0.163 e. The SMILES string of the molecule is COc1cc(/C=N/Nc2ncnc3c2cnn3Cc2ccccc2)ccc1O. The van der Waals surface area contributed by atoms with Crippen molar-refractivity contribution in [2.24, 2.45) is 5.10 Å². The fourth-order valence-corrected chi connectivity index (χ4v) is 2.80. The van der Waals surface area contributed by atoms with Gasteiger partial charge >= 0.3 is 0 Å². The van der Waals surface area contributed by atoms with Crippen LogP contribution >= 0.6 is 0 Å². The topological polar surface area (TPSA) is 97.5 Å². The highest BCUT2D eigenvalue weighted by Crippen LogP contribution is 2.25. The Morgan fingerprint density at radius 2 is 2.04 bits per heavy atom. The molecule has 0 fully saturated rings. The zero-order valence-corrected chi connectivity index (χ0v) is 15.1. The van der Waals surface area contributed by atoms with Crippen molar-refractivity contribution in [3.05, 3.63) is 72.2 Å². The number of fused-ring (bicyclic) bond motifs is 1. The zero-order valence-electron chi connectivity index (χ0n) is 15.1. The van der Waals surface area contributed by atoms with E-state index in [1.54, 1.807) is 30.6 Å². The number of phenols is 1. The molecular weight excluding hydrogens is 356 g/mol. The van der Waals surface area contributed by atoms with Gasteiger partial charge in [0.1, 0.15) is 6.33 Å². The Kier molecular flexibility index (Phi) is 4.83. The minimum atomic E-state index is 0.0796. The summed E-state index contributed by atoms with van der Waals surface area (Å²) in [5.41, 5.74) is 5.56. The largest absolute Gasteiger partial charge is 0.504 e. The minimum Gasteiger partial charge on any atom is -0.504 e. The summed E-state index contributed by atoms with van der Waals surface area (Å²) in [6.45, 7) is 0.622. The molecular formula is C20H18N6O2. The molecule has 0 amide bonds. The van der Waals surface area contributed by atoms with Gasteiger partial charge < -0.3 is 9.84 Å². The van der Waals surface area contributed by atoms with Gasteiger partial charge in [-0.15, -0.1) is 0 Å². The Morgan fingerprint density at radius 1 is 1.18 bits per heavy atom. The molecule has 0 bridgehead atoms. The molecule has 28 heavy (non-hydrogen) atoms. The first-order valence-electron chi connectivity index (χ1n) is 8.61. The van der Waals surface area contributed by atoms with E-state index in [1.807, 2.05) is 35.0 Å².